The maximum Gasteiger partial charge on any atom is 0.238 e. The lowest BCUT2D eigenvalue weighted by Crippen LogP contribution is -2.38. The second kappa shape index (κ2) is 6.30. The van der Waals surface area contributed by atoms with Crippen molar-refractivity contribution in [2.24, 2.45) is 5.41 Å². The lowest BCUT2D eigenvalue weighted by atomic mass is 9.88. The molecular formula is C20H26N4O. The van der Waals surface area contributed by atoms with Gasteiger partial charge in [-0.3, -0.25) is 14.8 Å². The number of fused-ring (bicyclic) bond motifs is 2. The normalized spacial score (nSPS) is 19.1. The summed E-state index contributed by atoms with van der Waals surface area (Å²) in [6.45, 7) is 6.56. The number of aromatic nitrogens is 2. The predicted octanol–water partition coefficient (Wildman–Crippen LogP) is 2.92. The van der Waals surface area contributed by atoms with Crippen LogP contribution in [0.4, 0.5) is 5.69 Å². The minimum atomic E-state index is 0.0562. The number of carbonyl (C=O) groups is 1. The van der Waals surface area contributed by atoms with E-state index in [4.69, 9.17) is 0 Å². The lowest BCUT2D eigenvalue weighted by molar-refractivity contribution is -0.117. The van der Waals surface area contributed by atoms with Crippen molar-refractivity contribution < 1.29 is 4.79 Å². The fraction of sp³-hybridized carbons (Fsp3) is 0.500. The van der Waals surface area contributed by atoms with E-state index in [1.807, 2.05) is 12.3 Å². The summed E-state index contributed by atoms with van der Waals surface area (Å²) in [5.74, 6) is 0.0562. The van der Waals surface area contributed by atoms with Crippen LogP contribution >= 0.6 is 0 Å². The molecule has 0 saturated carbocycles. The highest BCUT2D eigenvalue weighted by molar-refractivity contribution is 5.92. The highest BCUT2D eigenvalue weighted by Gasteiger charge is 2.29. The molecule has 1 amide bonds. The van der Waals surface area contributed by atoms with Crippen LogP contribution in [0.25, 0.3) is 0 Å². The number of amides is 1. The van der Waals surface area contributed by atoms with Gasteiger partial charge in [-0.25, -0.2) is 0 Å². The maximum absolute atomic E-state index is 12.6. The summed E-state index contributed by atoms with van der Waals surface area (Å²) in [7, 11) is 0. The van der Waals surface area contributed by atoms with Gasteiger partial charge in [-0.2, -0.15) is 5.10 Å². The fourth-order valence-corrected chi connectivity index (χ4v) is 4.23. The van der Waals surface area contributed by atoms with Gasteiger partial charge in [0.25, 0.3) is 0 Å². The van der Waals surface area contributed by atoms with E-state index in [-0.39, 0.29) is 11.3 Å². The van der Waals surface area contributed by atoms with Crippen LogP contribution in [0, 0.1) is 5.41 Å². The maximum atomic E-state index is 12.6. The third-order valence-electron chi connectivity index (χ3n) is 5.26. The average molecular weight is 338 g/mol. The summed E-state index contributed by atoms with van der Waals surface area (Å²) in [4.78, 5) is 14.8. The van der Waals surface area contributed by atoms with Gasteiger partial charge in [0.2, 0.25) is 5.91 Å². The third-order valence-corrected chi connectivity index (χ3v) is 5.26. The van der Waals surface area contributed by atoms with Crippen molar-refractivity contribution in [3.8, 4) is 0 Å². The second-order valence-corrected chi connectivity index (χ2v) is 8.25. The molecule has 0 atom stereocenters. The number of aromatic amines is 1. The van der Waals surface area contributed by atoms with Crippen LogP contribution in [-0.2, 0) is 30.6 Å². The number of nitrogens with zero attached hydrogens (tertiary/aromatic N) is 2. The SMILES string of the molecule is CC1(C)Cc2[nH]ncc2CN(CC(=O)Nc2ccc3c(c2)CCC3)C1. The largest absolute Gasteiger partial charge is 0.325 e. The van der Waals surface area contributed by atoms with Crippen molar-refractivity contribution in [3.63, 3.8) is 0 Å². The third kappa shape index (κ3) is 3.61. The summed E-state index contributed by atoms with van der Waals surface area (Å²) >= 11 is 0. The van der Waals surface area contributed by atoms with Crippen molar-refractivity contribution in [2.75, 3.05) is 18.4 Å². The van der Waals surface area contributed by atoms with Gasteiger partial charge < -0.3 is 5.32 Å². The molecule has 0 radical (unpaired) electrons. The van der Waals surface area contributed by atoms with Gasteiger partial charge in [0, 0.05) is 30.0 Å². The number of anilines is 1. The zero-order valence-corrected chi connectivity index (χ0v) is 15.1. The topological polar surface area (TPSA) is 61.0 Å². The van der Waals surface area contributed by atoms with Crippen LogP contribution in [0.2, 0.25) is 0 Å². The van der Waals surface area contributed by atoms with Crippen molar-refractivity contribution in [3.05, 3.63) is 46.8 Å². The lowest BCUT2D eigenvalue weighted by Gasteiger charge is -2.29. The van der Waals surface area contributed by atoms with Gasteiger partial charge in [-0.05, 0) is 54.4 Å². The highest BCUT2D eigenvalue weighted by atomic mass is 16.2. The summed E-state index contributed by atoms with van der Waals surface area (Å²) in [5.41, 5.74) is 6.26. The van der Waals surface area contributed by atoms with Crippen molar-refractivity contribution in [2.45, 2.75) is 46.1 Å². The van der Waals surface area contributed by atoms with E-state index in [1.54, 1.807) is 0 Å². The molecule has 5 nitrogen and oxygen atoms in total. The zero-order chi connectivity index (χ0) is 17.4. The van der Waals surface area contributed by atoms with E-state index < -0.39 is 0 Å². The van der Waals surface area contributed by atoms with Gasteiger partial charge in [0.1, 0.15) is 0 Å². The van der Waals surface area contributed by atoms with E-state index in [0.29, 0.717) is 6.54 Å². The van der Waals surface area contributed by atoms with Crippen molar-refractivity contribution >= 4 is 11.6 Å². The molecule has 1 aromatic heterocycles. The number of hydrogen-bond acceptors (Lipinski definition) is 3. The molecule has 0 bridgehead atoms. The van der Waals surface area contributed by atoms with Crippen LogP contribution in [0.1, 0.15) is 42.7 Å². The number of aryl methyl sites for hydroxylation is 2. The Morgan fingerprint density at radius 1 is 1.28 bits per heavy atom. The molecule has 4 rings (SSSR count). The van der Waals surface area contributed by atoms with Gasteiger partial charge in [-0.15, -0.1) is 0 Å². The van der Waals surface area contributed by atoms with E-state index in [0.717, 1.165) is 31.6 Å². The first-order chi connectivity index (χ1) is 12.0. The number of nitrogens with one attached hydrogen (secondary N) is 2. The number of benzene rings is 1. The Kier molecular flexibility index (Phi) is 4.12. The Balaban J connectivity index is 1.43. The summed E-state index contributed by atoms with van der Waals surface area (Å²) < 4.78 is 0. The van der Waals surface area contributed by atoms with Gasteiger partial charge in [-0.1, -0.05) is 19.9 Å². The molecule has 2 N–H and O–H groups in total. The molecule has 132 valence electrons. The molecule has 1 aliphatic heterocycles. The summed E-state index contributed by atoms with van der Waals surface area (Å²) in [6.07, 6.45) is 6.37. The van der Waals surface area contributed by atoms with Gasteiger partial charge >= 0.3 is 0 Å². The van der Waals surface area contributed by atoms with E-state index >= 15 is 0 Å². The fourth-order valence-electron chi connectivity index (χ4n) is 4.23. The molecule has 2 aromatic rings. The Labute approximate surface area is 148 Å². The zero-order valence-electron chi connectivity index (χ0n) is 15.1. The molecule has 0 spiro atoms. The Hall–Kier alpha value is -2.14. The monoisotopic (exact) mass is 338 g/mol. The predicted molar refractivity (Wildman–Crippen MR) is 98.4 cm³/mol. The standard InChI is InChI=1S/C20H26N4O/c1-20(2)9-18-16(10-21-23-18)11-24(13-20)12-19(25)22-17-7-6-14-4-3-5-15(14)8-17/h6-8,10H,3-5,9,11-13H2,1-2H3,(H,21,23)(H,22,25). The first-order valence-electron chi connectivity index (χ1n) is 9.14. The molecule has 2 heterocycles. The number of carbonyl (C=O) groups excluding carboxylic acids is 1. The van der Waals surface area contributed by atoms with E-state index in [2.05, 4.69) is 46.4 Å². The molecular weight excluding hydrogens is 312 g/mol. The van der Waals surface area contributed by atoms with Gasteiger partial charge in [0.15, 0.2) is 0 Å². The molecule has 25 heavy (non-hydrogen) atoms. The number of rotatable bonds is 3. The van der Waals surface area contributed by atoms with Crippen LogP contribution in [0.5, 0.6) is 0 Å². The first kappa shape index (κ1) is 16.3. The van der Waals surface area contributed by atoms with Crippen LogP contribution < -0.4 is 5.32 Å². The molecule has 0 fully saturated rings. The summed E-state index contributed by atoms with van der Waals surface area (Å²) in [6, 6.07) is 6.33. The smallest absolute Gasteiger partial charge is 0.238 e. The highest BCUT2D eigenvalue weighted by Crippen LogP contribution is 2.29. The molecule has 1 aliphatic carbocycles. The Morgan fingerprint density at radius 3 is 3.00 bits per heavy atom. The van der Waals surface area contributed by atoms with E-state index in [9.17, 15) is 4.79 Å². The first-order valence-corrected chi connectivity index (χ1v) is 9.14. The average Bonchev–Trinajstić information content (AvgIpc) is 3.13. The molecule has 0 unspecified atom stereocenters. The summed E-state index contributed by atoms with van der Waals surface area (Å²) in [5, 5.41) is 10.4. The quantitative estimate of drug-likeness (QED) is 0.904. The van der Waals surface area contributed by atoms with Crippen LogP contribution in [0.3, 0.4) is 0 Å². The van der Waals surface area contributed by atoms with Gasteiger partial charge in [0.05, 0.1) is 12.7 Å². The van der Waals surface area contributed by atoms with Crippen LogP contribution in [-0.4, -0.2) is 34.1 Å². The molecule has 5 heteroatoms. The molecule has 0 saturated heterocycles. The Morgan fingerprint density at radius 2 is 2.12 bits per heavy atom. The molecule has 2 aliphatic rings. The Bertz CT molecular complexity index is 793. The van der Waals surface area contributed by atoms with Crippen LogP contribution in [0.15, 0.2) is 24.4 Å². The second-order valence-electron chi connectivity index (χ2n) is 8.25. The van der Waals surface area contributed by atoms with E-state index in [1.165, 1.54) is 35.2 Å². The number of hydrogen-bond donors (Lipinski definition) is 2. The molecule has 1 aromatic carbocycles. The minimum absolute atomic E-state index is 0.0562. The van der Waals surface area contributed by atoms with Crippen molar-refractivity contribution in [1.82, 2.24) is 15.1 Å². The minimum Gasteiger partial charge on any atom is -0.325 e. The van der Waals surface area contributed by atoms with Crippen molar-refractivity contribution in [1.29, 1.82) is 0 Å². The number of H-pyrrole nitrogens is 1.